The van der Waals surface area contributed by atoms with E-state index >= 15 is 0 Å². The van der Waals surface area contributed by atoms with Crippen molar-refractivity contribution in [1.82, 2.24) is 15.6 Å². The average molecular weight is 245 g/mol. The van der Waals surface area contributed by atoms with E-state index in [1.165, 1.54) is 0 Å². The van der Waals surface area contributed by atoms with Crippen molar-refractivity contribution in [2.75, 3.05) is 13.1 Å². The molecule has 5 nitrogen and oxygen atoms in total. The molecule has 2 aromatic heterocycles. The first-order chi connectivity index (χ1) is 8.86. The van der Waals surface area contributed by atoms with Gasteiger partial charge in [-0.05, 0) is 24.3 Å². The summed E-state index contributed by atoms with van der Waals surface area (Å²) in [6.45, 7) is 1.91. The molecule has 0 saturated heterocycles. The summed E-state index contributed by atoms with van der Waals surface area (Å²) in [5.74, 6) is 0.775. The van der Waals surface area contributed by atoms with Crippen LogP contribution in [0.2, 0.25) is 0 Å². The number of nitrogens with one attached hydrogen (secondary N) is 2. The van der Waals surface area contributed by atoms with Gasteiger partial charge >= 0.3 is 0 Å². The van der Waals surface area contributed by atoms with Crippen LogP contribution in [0, 0.1) is 0 Å². The van der Waals surface area contributed by atoms with Gasteiger partial charge in [0, 0.05) is 25.5 Å². The topological polar surface area (TPSA) is 67.2 Å². The number of nitrogens with zero attached hydrogens (tertiary/aromatic N) is 1. The lowest BCUT2D eigenvalue weighted by molar-refractivity contribution is 0.0953. The van der Waals surface area contributed by atoms with E-state index in [9.17, 15) is 4.79 Å². The Balaban J connectivity index is 1.62. The van der Waals surface area contributed by atoms with Crippen LogP contribution in [0.4, 0.5) is 0 Å². The molecule has 0 spiro atoms. The van der Waals surface area contributed by atoms with Gasteiger partial charge in [-0.25, -0.2) is 0 Å². The molecule has 2 aromatic rings. The molecule has 0 aliphatic carbocycles. The van der Waals surface area contributed by atoms with E-state index in [2.05, 4.69) is 15.6 Å². The number of rotatable bonds is 6. The Morgan fingerprint density at radius 3 is 2.94 bits per heavy atom. The average Bonchev–Trinajstić information content (AvgIpc) is 2.92. The minimum absolute atomic E-state index is 0.108. The number of pyridine rings is 1. The molecule has 0 aliphatic heterocycles. The van der Waals surface area contributed by atoms with Gasteiger partial charge in [-0.2, -0.15) is 0 Å². The molecule has 2 N–H and O–H groups in total. The molecule has 0 bridgehead atoms. The normalized spacial score (nSPS) is 10.2. The molecule has 0 atom stereocenters. The number of carbonyl (C=O) groups is 1. The number of furan rings is 1. The summed E-state index contributed by atoms with van der Waals surface area (Å²) >= 11 is 0. The van der Waals surface area contributed by atoms with Crippen LogP contribution in [0.1, 0.15) is 16.1 Å². The first kappa shape index (κ1) is 12.3. The van der Waals surface area contributed by atoms with Crippen LogP contribution >= 0.6 is 0 Å². The van der Waals surface area contributed by atoms with Crippen LogP contribution in [0.3, 0.4) is 0 Å². The van der Waals surface area contributed by atoms with Gasteiger partial charge in [-0.3, -0.25) is 9.78 Å². The highest BCUT2D eigenvalue weighted by atomic mass is 16.3. The monoisotopic (exact) mass is 245 g/mol. The number of carbonyl (C=O) groups excluding carboxylic acids is 1. The summed E-state index contributed by atoms with van der Waals surface area (Å²) in [5.41, 5.74) is 0.573. The Morgan fingerprint density at radius 1 is 1.28 bits per heavy atom. The van der Waals surface area contributed by atoms with Gasteiger partial charge in [-0.1, -0.05) is 0 Å². The van der Waals surface area contributed by atoms with Gasteiger partial charge in [0.15, 0.2) is 0 Å². The van der Waals surface area contributed by atoms with Crippen molar-refractivity contribution in [3.05, 3.63) is 54.2 Å². The summed E-state index contributed by atoms with van der Waals surface area (Å²) in [7, 11) is 0. The Kier molecular flexibility index (Phi) is 4.49. The Hall–Kier alpha value is -2.14. The van der Waals surface area contributed by atoms with Gasteiger partial charge in [0.05, 0.1) is 18.4 Å². The standard InChI is InChI=1S/C13H15N3O2/c17-13(11-3-1-5-14-9-11)16-7-6-15-10-12-4-2-8-18-12/h1-5,8-9,15H,6-7,10H2,(H,16,17). The van der Waals surface area contributed by atoms with Crippen molar-refractivity contribution >= 4 is 5.91 Å². The lowest BCUT2D eigenvalue weighted by Crippen LogP contribution is -2.31. The second-order valence-corrected chi connectivity index (χ2v) is 3.75. The second kappa shape index (κ2) is 6.56. The Morgan fingerprint density at radius 2 is 2.22 bits per heavy atom. The van der Waals surface area contributed by atoms with E-state index < -0.39 is 0 Å². The summed E-state index contributed by atoms with van der Waals surface area (Å²) in [6.07, 6.45) is 4.83. The van der Waals surface area contributed by atoms with E-state index in [0.717, 1.165) is 5.76 Å². The van der Waals surface area contributed by atoms with Gasteiger partial charge in [-0.15, -0.1) is 0 Å². The van der Waals surface area contributed by atoms with Gasteiger partial charge < -0.3 is 15.1 Å². The van der Waals surface area contributed by atoms with Crippen molar-refractivity contribution in [3.63, 3.8) is 0 Å². The largest absolute Gasteiger partial charge is 0.468 e. The maximum absolute atomic E-state index is 11.6. The second-order valence-electron chi connectivity index (χ2n) is 3.75. The molecule has 1 amide bonds. The Labute approximate surface area is 105 Å². The zero-order chi connectivity index (χ0) is 12.6. The SMILES string of the molecule is O=C(NCCNCc1ccco1)c1cccnc1. The molecule has 94 valence electrons. The van der Waals surface area contributed by atoms with Crippen LogP contribution in [0.25, 0.3) is 0 Å². The highest BCUT2D eigenvalue weighted by Crippen LogP contribution is 1.98. The van der Waals surface area contributed by atoms with Crippen LogP contribution in [0.15, 0.2) is 47.3 Å². The van der Waals surface area contributed by atoms with Crippen LogP contribution in [-0.4, -0.2) is 24.0 Å². The Bertz CT molecular complexity index is 468. The summed E-state index contributed by atoms with van der Waals surface area (Å²) in [6, 6.07) is 7.23. The summed E-state index contributed by atoms with van der Waals surface area (Å²) < 4.78 is 5.17. The highest BCUT2D eigenvalue weighted by Gasteiger charge is 2.03. The van der Waals surface area contributed by atoms with Gasteiger partial charge in [0.2, 0.25) is 0 Å². The van der Waals surface area contributed by atoms with Gasteiger partial charge in [0.25, 0.3) is 5.91 Å². The van der Waals surface area contributed by atoms with E-state index in [0.29, 0.717) is 25.2 Å². The molecule has 0 aliphatic rings. The number of hydrogen-bond donors (Lipinski definition) is 2. The molecule has 0 saturated carbocycles. The van der Waals surface area contributed by atoms with Crippen LogP contribution in [0.5, 0.6) is 0 Å². The van der Waals surface area contributed by atoms with E-state index in [1.54, 1.807) is 30.8 Å². The predicted molar refractivity (Wildman–Crippen MR) is 67.0 cm³/mol. The number of amides is 1. The lowest BCUT2D eigenvalue weighted by Gasteiger charge is -2.05. The van der Waals surface area contributed by atoms with Gasteiger partial charge in [0.1, 0.15) is 5.76 Å². The molecule has 18 heavy (non-hydrogen) atoms. The third-order valence-corrected chi connectivity index (χ3v) is 2.39. The summed E-state index contributed by atoms with van der Waals surface area (Å²) in [5, 5.41) is 5.98. The third-order valence-electron chi connectivity index (χ3n) is 2.39. The number of aromatic nitrogens is 1. The molecule has 2 rings (SSSR count). The molecule has 5 heteroatoms. The molecule has 0 fully saturated rings. The van der Waals surface area contributed by atoms with E-state index in [4.69, 9.17) is 4.42 Å². The smallest absolute Gasteiger partial charge is 0.252 e. The fourth-order valence-corrected chi connectivity index (χ4v) is 1.49. The minimum atomic E-state index is -0.108. The van der Waals surface area contributed by atoms with Crippen LogP contribution < -0.4 is 10.6 Å². The molecular formula is C13H15N3O2. The first-order valence-corrected chi connectivity index (χ1v) is 5.77. The fraction of sp³-hybridized carbons (Fsp3) is 0.231. The lowest BCUT2D eigenvalue weighted by atomic mass is 10.3. The van der Waals surface area contributed by atoms with Crippen molar-refractivity contribution in [3.8, 4) is 0 Å². The third kappa shape index (κ3) is 3.71. The van der Waals surface area contributed by atoms with Crippen LogP contribution in [-0.2, 0) is 6.54 Å². The highest BCUT2D eigenvalue weighted by molar-refractivity contribution is 5.93. The maximum Gasteiger partial charge on any atom is 0.252 e. The first-order valence-electron chi connectivity index (χ1n) is 5.77. The van der Waals surface area contributed by atoms with E-state index in [1.807, 2.05) is 12.1 Å². The predicted octanol–water partition coefficient (Wildman–Crippen LogP) is 1.19. The quantitative estimate of drug-likeness (QED) is 0.750. The minimum Gasteiger partial charge on any atom is -0.468 e. The zero-order valence-corrected chi connectivity index (χ0v) is 9.93. The summed E-state index contributed by atoms with van der Waals surface area (Å²) in [4.78, 5) is 15.5. The van der Waals surface area contributed by atoms with Crippen molar-refractivity contribution in [1.29, 1.82) is 0 Å². The fourth-order valence-electron chi connectivity index (χ4n) is 1.49. The molecule has 2 heterocycles. The van der Waals surface area contributed by atoms with E-state index in [-0.39, 0.29) is 5.91 Å². The molecular weight excluding hydrogens is 230 g/mol. The molecule has 0 aromatic carbocycles. The van der Waals surface area contributed by atoms with Crippen molar-refractivity contribution in [2.45, 2.75) is 6.54 Å². The zero-order valence-electron chi connectivity index (χ0n) is 9.93. The number of hydrogen-bond acceptors (Lipinski definition) is 4. The van der Waals surface area contributed by atoms with Crippen molar-refractivity contribution in [2.24, 2.45) is 0 Å². The molecule has 0 radical (unpaired) electrons. The molecule has 0 unspecified atom stereocenters. The van der Waals surface area contributed by atoms with Crippen molar-refractivity contribution < 1.29 is 9.21 Å². The maximum atomic E-state index is 11.6.